The number of aromatic nitrogens is 1. The first kappa shape index (κ1) is 16.5. The van der Waals surface area contributed by atoms with Crippen LogP contribution in [-0.4, -0.2) is 11.2 Å². The molecule has 1 heterocycles. The number of hydrogen-bond acceptors (Lipinski definition) is 3. The Morgan fingerprint density at radius 3 is 2.54 bits per heavy atom. The van der Waals surface area contributed by atoms with E-state index in [2.05, 4.69) is 4.98 Å². The lowest BCUT2D eigenvalue weighted by Gasteiger charge is -2.12. The van der Waals surface area contributed by atoms with E-state index in [0.29, 0.717) is 26.4 Å². The second kappa shape index (κ2) is 6.63. The first-order valence-electron chi connectivity index (χ1n) is 6.93. The Labute approximate surface area is 146 Å². The molecule has 1 aromatic heterocycles. The molecule has 122 valence electrons. The summed E-state index contributed by atoms with van der Waals surface area (Å²) >= 11 is 12.2. The summed E-state index contributed by atoms with van der Waals surface area (Å²) in [7, 11) is 0. The van der Waals surface area contributed by atoms with Crippen molar-refractivity contribution in [3.8, 4) is 5.88 Å². The fourth-order valence-electron chi connectivity index (χ4n) is 2.37. The fraction of sp³-hybridized carbons (Fsp3) is 0.0588. The molecule has 3 rings (SSSR count). The molecule has 0 bridgehead atoms. The summed E-state index contributed by atoms with van der Waals surface area (Å²) < 4.78 is 19.2. The topological polar surface area (TPSA) is 65.9 Å². The average Bonchev–Trinajstić information content (AvgIpc) is 2.54. The number of hydrogen-bond donors (Lipinski definition) is 2. The molecule has 24 heavy (non-hydrogen) atoms. The van der Waals surface area contributed by atoms with Crippen LogP contribution in [0.5, 0.6) is 5.88 Å². The largest absolute Gasteiger partial charge is 0.473 e. The van der Waals surface area contributed by atoms with Crippen molar-refractivity contribution in [3.63, 3.8) is 0 Å². The molecular weight excluding hydrogens is 354 g/mol. The van der Waals surface area contributed by atoms with Crippen LogP contribution in [0, 0.1) is 11.2 Å². The number of H-pyrrole nitrogens is 1. The van der Waals surface area contributed by atoms with Crippen LogP contribution in [-0.2, 0) is 6.61 Å². The maximum absolute atomic E-state index is 13.6. The molecule has 0 unspecified atom stereocenters. The second-order valence-electron chi connectivity index (χ2n) is 5.02. The number of rotatable bonds is 4. The summed E-state index contributed by atoms with van der Waals surface area (Å²) in [4.78, 5) is 14.6. The molecule has 0 spiro atoms. The zero-order valence-electron chi connectivity index (χ0n) is 12.2. The van der Waals surface area contributed by atoms with Gasteiger partial charge in [-0.3, -0.25) is 9.78 Å². The van der Waals surface area contributed by atoms with Gasteiger partial charge in [0, 0.05) is 32.6 Å². The number of aromatic amines is 1. The summed E-state index contributed by atoms with van der Waals surface area (Å²) in [5, 5.41) is 9.01. The standard InChI is InChI=1S/C17H11Cl2FN2O2/c18-14-2-1-3-15(19)13(14)8-24-17-11-6-9(20)4-5-10(11)12(7-21)16(23)22-17/h1-7,21H,8H2,(H,22,23). The minimum Gasteiger partial charge on any atom is -0.473 e. The van der Waals surface area contributed by atoms with Gasteiger partial charge in [0.1, 0.15) is 12.4 Å². The van der Waals surface area contributed by atoms with E-state index in [4.69, 9.17) is 33.3 Å². The molecule has 0 atom stereocenters. The molecule has 3 aromatic rings. The Kier molecular flexibility index (Phi) is 4.55. The number of ether oxygens (including phenoxy) is 1. The molecule has 0 aliphatic rings. The average molecular weight is 365 g/mol. The lowest BCUT2D eigenvalue weighted by Crippen LogP contribution is -2.14. The second-order valence-corrected chi connectivity index (χ2v) is 5.83. The van der Waals surface area contributed by atoms with E-state index in [-0.39, 0.29) is 18.1 Å². The van der Waals surface area contributed by atoms with E-state index in [0.717, 1.165) is 6.21 Å². The van der Waals surface area contributed by atoms with Crippen molar-refractivity contribution in [1.29, 1.82) is 5.41 Å². The van der Waals surface area contributed by atoms with Gasteiger partial charge in [-0.2, -0.15) is 0 Å². The summed E-state index contributed by atoms with van der Waals surface area (Å²) in [6.45, 7) is 0.00396. The quantitative estimate of drug-likeness (QED) is 0.666. The van der Waals surface area contributed by atoms with E-state index in [1.54, 1.807) is 18.2 Å². The Morgan fingerprint density at radius 2 is 1.88 bits per heavy atom. The van der Waals surface area contributed by atoms with Crippen molar-refractivity contribution in [1.82, 2.24) is 4.98 Å². The molecule has 7 heteroatoms. The highest BCUT2D eigenvalue weighted by molar-refractivity contribution is 6.35. The van der Waals surface area contributed by atoms with E-state index in [1.807, 2.05) is 0 Å². The summed E-state index contributed by atoms with van der Waals surface area (Å²) in [6.07, 6.45) is 0.924. The molecule has 2 N–H and O–H groups in total. The van der Waals surface area contributed by atoms with Gasteiger partial charge < -0.3 is 10.1 Å². The molecule has 4 nitrogen and oxygen atoms in total. The van der Waals surface area contributed by atoms with Crippen LogP contribution < -0.4 is 10.3 Å². The highest BCUT2D eigenvalue weighted by Crippen LogP contribution is 2.28. The Morgan fingerprint density at radius 1 is 1.17 bits per heavy atom. The lowest BCUT2D eigenvalue weighted by molar-refractivity contribution is 0.297. The third-order valence-electron chi connectivity index (χ3n) is 3.55. The van der Waals surface area contributed by atoms with Gasteiger partial charge >= 0.3 is 0 Å². The smallest absolute Gasteiger partial charge is 0.260 e. The molecule has 0 radical (unpaired) electrons. The van der Waals surface area contributed by atoms with Gasteiger partial charge in [-0.25, -0.2) is 4.39 Å². The predicted octanol–water partition coefficient (Wildman–Crippen LogP) is 4.55. The highest BCUT2D eigenvalue weighted by Gasteiger charge is 2.13. The van der Waals surface area contributed by atoms with E-state index >= 15 is 0 Å². The summed E-state index contributed by atoms with van der Waals surface area (Å²) in [5.41, 5.74) is 0.194. The van der Waals surface area contributed by atoms with Crippen molar-refractivity contribution in [3.05, 3.63) is 73.7 Å². The molecule has 0 amide bonds. The van der Waals surface area contributed by atoms with Crippen LogP contribution in [0.25, 0.3) is 10.8 Å². The summed E-state index contributed by atoms with van der Waals surface area (Å²) in [6, 6.07) is 8.95. The van der Waals surface area contributed by atoms with Crippen LogP contribution in [0.15, 0.2) is 41.2 Å². The summed E-state index contributed by atoms with van der Waals surface area (Å²) in [5.74, 6) is -0.387. The Bertz CT molecular complexity index is 982. The molecule has 0 fully saturated rings. The number of benzene rings is 2. The maximum atomic E-state index is 13.6. The third-order valence-corrected chi connectivity index (χ3v) is 4.26. The maximum Gasteiger partial charge on any atom is 0.260 e. The van der Waals surface area contributed by atoms with E-state index in [1.165, 1.54) is 18.2 Å². The molecule has 0 aliphatic carbocycles. The molecule has 0 saturated carbocycles. The molecule has 0 aliphatic heterocycles. The molecule has 0 saturated heterocycles. The minimum absolute atomic E-state index is 0.00396. The van der Waals surface area contributed by atoms with Crippen LogP contribution in [0.4, 0.5) is 4.39 Å². The number of nitrogens with one attached hydrogen (secondary N) is 2. The fourth-order valence-corrected chi connectivity index (χ4v) is 2.88. The van der Waals surface area contributed by atoms with Gasteiger partial charge in [0.05, 0.1) is 5.56 Å². The van der Waals surface area contributed by atoms with Crippen molar-refractivity contribution >= 4 is 40.2 Å². The van der Waals surface area contributed by atoms with Crippen LogP contribution in [0.3, 0.4) is 0 Å². The normalized spacial score (nSPS) is 10.8. The van der Waals surface area contributed by atoms with Gasteiger partial charge in [-0.15, -0.1) is 0 Å². The van der Waals surface area contributed by atoms with Crippen molar-refractivity contribution in [2.45, 2.75) is 6.61 Å². The van der Waals surface area contributed by atoms with Crippen LogP contribution in [0.1, 0.15) is 11.1 Å². The highest BCUT2D eigenvalue weighted by atomic mass is 35.5. The zero-order chi connectivity index (χ0) is 17.3. The number of fused-ring (bicyclic) bond motifs is 1. The van der Waals surface area contributed by atoms with Gasteiger partial charge in [0.2, 0.25) is 5.88 Å². The van der Waals surface area contributed by atoms with Crippen LogP contribution in [0.2, 0.25) is 10.0 Å². The Balaban J connectivity index is 2.08. The third kappa shape index (κ3) is 3.00. The van der Waals surface area contributed by atoms with E-state index < -0.39 is 11.4 Å². The minimum atomic E-state index is -0.496. The van der Waals surface area contributed by atoms with E-state index in [9.17, 15) is 9.18 Å². The van der Waals surface area contributed by atoms with Crippen molar-refractivity contribution in [2.75, 3.05) is 0 Å². The predicted molar refractivity (Wildman–Crippen MR) is 93.2 cm³/mol. The molecular formula is C17H11Cl2FN2O2. The SMILES string of the molecule is N=Cc1c(=O)[nH]c(OCc2c(Cl)cccc2Cl)c2cc(F)ccc12. The zero-order valence-corrected chi connectivity index (χ0v) is 13.7. The van der Waals surface area contributed by atoms with Gasteiger partial charge in [-0.05, 0) is 24.3 Å². The Hall–Kier alpha value is -2.37. The van der Waals surface area contributed by atoms with Crippen molar-refractivity contribution in [2.24, 2.45) is 0 Å². The lowest BCUT2D eigenvalue weighted by atomic mass is 10.1. The molecule has 2 aromatic carbocycles. The van der Waals surface area contributed by atoms with Gasteiger partial charge in [0.15, 0.2) is 0 Å². The van der Waals surface area contributed by atoms with Crippen LogP contribution >= 0.6 is 23.2 Å². The van der Waals surface area contributed by atoms with Crippen molar-refractivity contribution < 1.29 is 9.13 Å². The number of halogens is 3. The van der Waals surface area contributed by atoms with Gasteiger partial charge in [0.25, 0.3) is 5.56 Å². The number of pyridine rings is 1. The first-order valence-corrected chi connectivity index (χ1v) is 7.68. The van der Waals surface area contributed by atoms with Gasteiger partial charge in [-0.1, -0.05) is 35.3 Å². The first-order chi connectivity index (χ1) is 11.5. The monoisotopic (exact) mass is 364 g/mol.